The van der Waals surface area contributed by atoms with E-state index in [9.17, 15) is 0 Å². The minimum absolute atomic E-state index is 1.16. The smallest absolute Gasteiger partial charge is 0.0479 e. The van der Waals surface area contributed by atoms with Crippen LogP contribution in [0.25, 0.3) is 42.0 Å². The number of thiophene rings is 1. The molecular formula is C18H10NS. The standard InChI is InChI=1S/C18H10NS/c1-3-7-15-11(5-1)13-9-14-12-6-2-4-8-17(12)20-18(14)10-16(13)19-15/h1-2,4-10,19H. The predicted octanol–water partition coefficient (Wildman–Crippen LogP) is 5.49. The topological polar surface area (TPSA) is 15.8 Å². The average Bonchev–Trinajstić information content (AvgIpc) is 3.02. The summed E-state index contributed by atoms with van der Waals surface area (Å²) in [6.07, 6.45) is 0. The maximum absolute atomic E-state index is 3.49. The van der Waals surface area contributed by atoms with Gasteiger partial charge in [0.1, 0.15) is 0 Å². The number of aromatic amines is 1. The second-order valence-electron chi connectivity index (χ2n) is 5.09. The molecule has 0 unspecified atom stereocenters. The first-order chi connectivity index (χ1) is 9.90. The Morgan fingerprint density at radius 3 is 2.75 bits per heavy atom. The Kier molecular flexibility index (Phi) is 1.89. The van der Waals surface area contributed by atoms with Crippen LogP contribution in [0.3, 0.4) is 0 Å². The van der Waals surface area contributed by atoms with Gasteiger partial charge in [0.15, 0.2) is 0 Å². The van der Waals surface area contributed by atoms with Crippen LogP contribution in [-0.2, 0) is 0 Å². The second kappa shape index (κ2) is 3.62. The quantitative estimate of drug-likeness (QED) is 0.383. The Hall–Kier alpha value is -2.32. The molecule has 93 valence electrons. The fourth-order valence-electron chi connectivity index (χ4n) is 3.01. The van der Waals surface area contributed by atoms with Gasteiger partial charge in [0, 0.05) is 42.0 Å². The summed E-state index contributed by atoms with van der Waals surface area (Å²) in [6.45, 7) is 0. The molecule has 3 aromatic carbocycles. The van der Waals surface area contributed by atoms with Crippen LogP contribution < -0.4 is 0 Å². The maximum Gasteiger partial charge on any atom is 0.0479 e. The van der Waals surface area contributed by atoms with E-state index in [1.807, 2.05) is 23.5 Å². The van der Waals surface area contributed by atoms with E-state index in [1.165, 1.54) is 36.5 Å². The third kappa shape index (κ3) is 1.27. The van der Waals surface area contributed by atoms with Gasteiger partial charge in [-0.1, -0.05) is 30.3 Å². The Bertz CT molecular complexity index is 1010. The normalized spacial score (nSPS) is 12.0. The van der Waals surface area contributed by atoms with E-state index >= 15 is 0 Å². The number of aromatic nitrogens is 1. The highest BCUT2D eigenvalue weighted by Gasteiger charge is 2.09. The summed E-state index contributed by atoms with van der Waals surface area (Å²) < 4.78 is 2.70. The monoisotopic (exact) mass is 272 g/mol. The van der Waals surface area contributed by atoms with E-state index in [2.05, 4.69) is 53.5 Å². The molecule has 20 heavy (non-hydrogen) atoms. The first-order valence-electron chi connectivity index (χ1n) is 6.63. The molecule has 2 heteroatoms. The lowest BCUT2D eigenvalue weighted by Crippen LogP contribution is -1.69. The zero-order valence-corrected chi connectivity index (χ0v) is 11.4. The Balaban J connectivity index is 2.06. The van der Waals surface area contributed by atoms with E-state index in [4.69, 9.17) is 0 Å². The number of fused-ring (bicyclic) bond motifs is 6. The van der Waals surface area contributed by atoms with Crippen LogP contribution in [0, 0.1) is 6.07 Å². The van der Waals surface area contributed by atoms with Crippen molar-refractivity contribution in [3.05, 3.63) is 60.7 Å². The molecule has 1 nitrogen and oxygen atoms in total. The molecule has 0 saturated heterocycles. The summed E-state index contributed by atoms with van der Waals surface area (Å²) in [7, 11) is 0. The van der Waals surface area contributed by atoms with Crippen LogP contribution in [0.5, 0.6) is 0 Å². The fourth-order valence-corrected chi connectivity index (χ4v) is 4.14. The summed E-state index contributed by atoms with van der Waals surface area (Å²) in [4.78, 5) is 3.49. The predicted molar refractivity (Wildman–Crippen MR) is 87.5 cm³/mol. The molecular weight excluding hydrogens is 262 g/mol. The van der Waals surface area contributed by atoms with E-state index in [0.717, 1.165) is 5.52 Å². The van der Waals surface area contributed by atoms with E-state index in [0.29, 0.717) is 0 Å². The van der Waals surface area contributed by atoms with Crippen LogP contribution in [0.15, 0.2) is 54.6 Å². The molecule has 0 aliphatic carbocycles. The summed E-state index contributed by atoms with van der Waals surface area (Å²) in [5.74, 6) is 0. The number of rotatable bonds is 0. The third-order valence-corrected chi connectivity index (χ3v) is 5.07. The van der Waals surface area contributed by atoms with E-state index < -0.39 is 0 Å². The van der Waals surface area contributed by atoms with Gasteiger partial charge in [0.2, 0.25) is 0 Å². The van der Waals surface area contributed by atoms with Gasteiger partial charge in [-0.3, -0.25) is 0 Å². The van der Waals surface area contributed by atoms with Crippen molar-refractivity contribution in [1.82, 2.24) is 4.98 Å². The molecule has 0 aliphatic rings. The lowest BCUT2D eigenvalue weighted by atomic mass is 10.1. The van der Waals surface area contributed by atoms with Gasteiger partial charge in [-0.25, -0.2) is 0 Å². The zero-order valence-electron chi connectivity index (χ0n) is 10.6. The fraction of sp³-hybridized carbons (Fsp3) is 0. The van der Waals surface area contributed by atoms with E-state index in [1.54, 1.807) is 0 Å². The Morgan fingerprint density at radius 2 is 1.75 bits per heavy atom. The van der Waals surface area contributed by atoms with Crippen molar-refractivity contribution in [2.24, 2.45) is 0 Å². The molecule has 0 saturated carbocycles. The molecule has 0 aliphatic heterocycles. The van der Waals surface area contributed by atoms with Crippen LogP contribution in [0.2, 0.25) is 0 Å². The van der Waals surface area contributed by atoms with Gasteiger partial charge in [-0.2, -0.15) is 0 Å². The van der Waals surface area contributed by atoms with Gasteiger partial charge < -0.3 is 4.98 Å². The van der Waals surface area contributed by atoms with Crippen LogP contribution in [0.1, 0.15) is 0 Å². The average molecular weight is 272 g/mol. The summed E-state index contributed by atoms with van der Waals surface area (Å²) in [5.41, 5.74) is 2.36. The number of nitrogens with one attached hydrogen (secondary N) is 1. The highest BCUT2D eigenvalue weighted by atomic mass is 32.1. The molecule has 1 N–H and O–H groups in total. The Labute approximate surface area is 119 Å². The van der Waals surface area contributed by atoms with E-state index in [-0.39, 0.29) is 0 Å². The number of hydrogen-bond donors (Lipinski definition) is 1. The number of benzene rings is 3. The highest BCUT2D eigenvalue weighted by molar-refractivity contribution is 7.25. The summed E-state index contributed by atoms with van der Waals surface area (Å²) >= 11 is 1.86. The summed E-state index contributed by atoms with van der Waals surface area (Å²) in [6, 6.07) is 22.5. The van der Waals surface area contributed by atoms with Crippen molar-refractivity contribution >= 4 is 53.3 Å². The van der Waals surface area contributed by atoms with Crippen molar-refractivity contribution in [3.8, 4) is 0 Å². The lowest BCUT2D eigenvalue weighted by molar-refractivity contribution is 1.55. The second-order valence-corrected chi connectivity index (χ2v) is 6.17. The SMILES string of the molecule is [c]1ccc2c(c1)[nH]c1cc3sc4ccccc4c3cc12. The molecule has 0 fully saturated rings. The van der Waals surface area contributed by atoms with Crippen LogP contribution in [0.4, 0.5) is 0 Å². The third-order valence-electron chi connectivity index (χ3n) is 3.94. The molecule has 2 heterocycles. The van der Waals surface area contributed by atoms with Gasteiger partial charge in [0.25, 0.3) is 0 Å². The molecule has 0 bridgehead atoms. The lowest BCUT2D eigenvalue weighted by Gasteiger charge is -1.94. The van der Waals surface area contributed by atoms with Crippen molar-refractivity contribution < 1.29 is 0 Å². The molecule has 0 spiro atoms. The van der Waals surface area contributed by atoms with Gasteiger partial charge >= 0.3 is 0 Å². The molecule has 0 atom stereocenters. The van der Waals surface area contributed by atoms with Crippen LogP contribution >= 0.6 is 11.3 Å². The van der Waals surface area contributed by atoms with Gasteiger partial charge in [-0.05, 0) is 30.3 Å². The largest absolute Gasteiger partial charge is 0.354 e. The minimum Gasteiger partial charge on any atom is -0.354 e. The molecule has 5 aromatic rings. The first-order valence-corrected chi connectivity index (χ1v) is 7.44. The molecule has 2 aromatic heterocycles. The molecule has 1 radical (unpaired) electrons. The van der Waals surface area contributed by atoms with Crippen molar-refractivity contribution in [1.29, 1.82) is 0 Å². The first kappa shape index (κ1) is 10.5. The number of H-pyrrole nitrogens is 1. The molecule has 5 rings (SSSR count). The van der Waals surface area contributed by atoms with Crippen molar-refractivity contribution in [3.63, 3.8) is 0 Å². The minimum atomic E-state index is 1.16. The van der Waals surface area contributed by atoms with Crippen LogP contribution in [-0.4, -0.2) is 4.98 Å². The van der Waals surface area contributed by atoms with Gasteiger partial charge in [0.05, 0.1) is 0 Å². The number of hydrogen-bond acceptors (Lipinski definition) is 1. The zero-order chi connectivity index (χ0) is 13.1. The van der Waals surface area contributed by atoms with Crippen molar-refractivity contribution in [2.45, 2.75) is 0 Å². The highest BCUT2D eigenvalue weighted by Crippen LogP contribution is 2.37. The van der Waals surface area contributed by atoms with Gasteiger partial charge in [-0.15, -0.1) is 11.3 Å². The molecule has 0 amide bonds. The Morgan fingerprint density at radius 1 is 0.800 bits per heavy atom. The van der Waals surface area contributed by atoms with Crippen molar-refractivity contribution in [2.75, 3.05) is 0 Å². The maximum atomic E-state index is 3.49. The summed E-state index contributed by atoms with van der Waals surface area (Å²) in [5, 5.41) is 5.28.